The molecule has 5 heteroatoms. The largest absolute Gasteiger partial charge is 0.455 e. The van der Waals surface area contributed by atoms with Crippen LogP contribution in [0.5, 0.6) is 0 Å². The molecule has 0 saturated heterocycles. The third-order valence-electron chi connectivity index (χ3n) is 11.9. The van der Waals surface area contributed by atoms with Crippen molar-refractivity contribution in [2.45, 2.75) is 25.7 Å². The molecule has 0 N–H and O–H groups in total. The van der Waals surface area contributed by atoms with Gasteiger partial charge in [0.05, 0.1) is 44.4 Å². The zero-order valence-corrected chi connectivity index (χ0v) is 28.6. The molecule has 2 aliphatic carbocycles. The molecule has 0 spiro atoms. The molecule has 9 aromatic rings. The van der Waals surface area contributed by atoms with E-state index < -0.39 is 0 Å². The van der Waals surface area contributed by atoms with Crippen molar-refractivity contribution >= 4 is 66.3 Å². The van der Waals surface area contributed by atoms with Gasteiger partial charge in [0, 0.05) is 32.8 Å². The van der Waals surface area contributed by atoms with Crippen molar-refractivity contribution in [1.82, 2.24) is 9.13 Å². The van der Waals surface area contributed by atoms with Crippen molar-refractivity contribution in [2.24, 2.45) is 5.92 Å². The predicted molar refractivity (Wildman–Crippen MR) is 209 cm³/mol. The second-order valence-corrected chi connectivity index (χ2v) is 14.7. The highest BCUT2D eigenvalue weighted by Gasteiger charge is 2.45. The van der Waals surface area contributed by atoms with Crippen LogP contribution in [0.25, 0.3) is 77.7 Å². The van der Waals surface area contributed by atoms with E-state index in [0.29, 0.717) is 16.8 Å². The minimum Gasteiger partial charge on any atom is -0.455 e. The van der Waals surface area contributed by atoms with Gasteiger partial charge in [-0.3, -0.25) is 0 Å². The van der Waals surface area contributed by atoms with Gasteiger partial charge in [0.15, 0.2) is 0 Å². The summed E-state index contributed by atoms with van der Waals surface area (Å²) in [5.74, 6) is 0.286. The topological polar surface area (TPSA) is 70.6 Å². The number of aromatic nitrogens is 2. The molecular weight excluding hydrogens is 637 g/mol. The Morgan fingerprint density at radius 1 is 0.654 bits per heavy atom. The molecule has 3 aromatic heterocycles. The number of para-hydroxylation sites is 3. The Hall–Kier alpha value is -6.82. The third kappa shape index (κ3) is 3.60. The van der Waals surface area contributed by atoms with Crippen LogP contribution in [0.4, 0.5) is 0 Å². The maximum atomic E-state index is 10.9. The van der Waals surface area contributed by atoms with Crippen LogP contribution in [0.3, 0.4) is 0 Å². The Bertz CT molecular complexity index is 3170. The minimum absolute atomic E-state index is 0.0527. The number of furan rings is 1. The molecule has 6 aromatic carbocycles. The zero-order valence-electron chi connectivity index (χ0n) is 28.6. The molecular formula is C47H30N4O. The van der Waals surface area contributed by atoms with Crippen molar-refractivity contribution in [3.05, 3.63) is 155 Å². The number of benzene rings is 6. The lowest BCUT2D eigenvalue weighted by Crippen LogP contribution is -2.27. The quantitative estimate of drug-likeness (QED) is 0.184. The molecule has 2 aliphatic rings. The summed E-state index contributed by atoms with van der Waals surface area (Å²) in [6.45, 7) is 4.70. The molecule has 11 rings (SSSR count). The van der Waals surface area contributed by atoms with E-state index in [4.69, 9.17) is 4.42 Å². The zero-order chi connectivity index (χ0) is 34.9. The molecule has 0 radical (unpaired) electrons. The van der Waals surface area contributed by atoms with Crippen LogP contribution < -0.4 is 0 Å². The average molecular weight is 667 g/mol. The average Bonchev–Trinajstić information content (AvgIpc) is 3.89. The molecule has 0 bridgehead atoms. The van der Waals surface area contributed by atoms with E-state index in [1.54, 1.807) is 0 Å². The van der Waals surface area contributed by atoms with Crippen LogP contribution in [0.2, 0.25) is 0 Å². The molecule has 3 heterocycles. The van der Waals surface area contributed by atoms with E-state index in [2.05, 4.69) is 120 Å². The van der Waals surface area contributed by atoms with Crippen molar-refractivity contribution in [2.75, 3.05) is 0 Å². The summed E-state index contributed by atoms with van der Waals surface area (Å²) >= 11 is 0. The number of hydrogen-bond acceptors (Lipinski definition) is 3. The molecule has 52 heavy (non-hydrogen) atoms. The smallest absolute Gasteiger partial charge is 0.145 e. The Balaban J connectivity index is 1.18. The van der Waals surface area contributed by atoms with Gasteiger partial charge in [0.25, 0.3) is 0 Å². The molecule has 0 fully saturated rings. The molecule has 0 aliphatic heterocycles. The maximum Gasteiger partial charge on any atom is 0.145 e. The van der Waals surface area contributed by atoms with Gasteiger partial charge in [0.1, 0.15) is 23.3 Å². The first-order chi connectivity index (χ1) is 25.5. The number of fused-ring (bicyclic) bond motifs is 13. The van der Waals surface area contributed by atoms with Crippen molar-refractivity contribution in [3.63, 3.8) is 0 Å². The van der Waals surface area contributed by atoms with Crippen LogP contribution in [0, 0.1) is 28.6 Å². The highest BCUT2D eigenvalue weighted by atomic mass is 16.3. The number of hydrogen-bond donors (Lipinski definition) is 0. The van der Waals surface area contributed by atoms with Gasteiger partial charge >= 0.3 is 0 Å². The normalized spacial score (nSPS) is 15.8. The number of allylic oxidation sites excluding steroid dienone is 1. The molecule has 0 amide bonds. The van der Waals surface area contributed by atoms with Gasteiger partial charge < -0.3 is 13.6 Å². The minimum atomic E-state index is -0.0527. The second kappa shape index (κ2) is 10.1. The number of nitrogens with zero attached hydrogens (tertiary/aromatic N) is 4. The lowest BCUT2D eigenvalue weighted by molar-refractivity contribution is 0.405. The maximum absolute atomic E-state index is 10.9. The van der Waals surface area contributed by atoms with E-state index in [9.17, 15) is 10.5 Å². The van der Waals surface area contributed by atoms with Crippen molar-refractivity contribution < 1.29 is 4.42 Å². The first-order valence-electron chi connectivity index (χ1n) is 17.7. The number of rotatable bonds is 2. The molecule has 1 atom stereocenters. The van der Waals surface area contributed by atoms with Gasteiger partial charge in [-0.25, -0.2) is 0 Å². The number of nitriles is 2. The van der Waals surface area contributed by atoms with E-state index in [-0.39, 0.29) is 11.3 Å². The fourth-order valence-electron chi connectivity index (χ4n) is 9.53. The molecule has 0 saturated carbocycles. The highest BCUT2D eigenvalue weighted by molar-refractivity contribution is 6.24. The third-order valence-corrected chi connectivity index (χ3v) is 11.9. The van der Waals surface area contributed by atoms with E-state index >= 15 is 0 Å². The van der Waals surface area contributed by atoms with Gasteiger partial charge in [-0.05, 0) is 83.0 Å². The highest BCUT2D eigenvalue weighted by Crippen LogP contribution is 2.55. The van der Waals surface area contributed by atoms with Gasteiger partial charge in [0.2, 0.25) is 0 Å². The van der Waals surface area contributed by atoms with Crippen LogP contribution in [0.1, 0.15) is 47.4 Å². The van der Waals surface area contributed by atoms with Gasteiger partial charge in [-0.2, -0.15) is 10.5 Å². The summed E-state index contributed by atoms with van der Waals surface area (Å²) in [6, 6.07) is 46.7. The summed E-state index contributed by atoms with van der Waals surface area (Å²) < 4.78 is 10.9. The first-order valence-corrected chi connectivity index (χ1v) is 17.7. The van der Waals surface area contributed by atoms with Gasteiger partial charge in [-0.15, -0.1) is 0 Å². The second-order valence-electron chi connectivity index (χ2n) is 14.7. The Kier molecular flexibility index (Phi) is 5.64. The summed E-state index contributed by atoms with van der Waals surface area (Å²) in [6.07, 6.45) is 3.21. The van der Waals surface area contributed by atoms with Crippen LogP contribution in [0.15, 0.2) is 126 Å². The Morgan fingerprint density at radius 3 is 2.06 bits per heavy atom. The van der Waals surface area contributed by atoms with E-state index in [0.717, 1.165) is 66.8 Å². The fourth-order valence-corrected chi connectivity index (χ4v) is 9.53. The van der Waals surface area contributed by atoms with Crippen molar-refractivity contribution in [3.8, 4) is 23.5 Å². The Morgan fingerprint density at radius 2 is 1.29 bits per heavy atom. The van der Waals surface area contributed by atoms with E-state index in [1.165, 1.54) is 28.0 Å². The van der Waals surface area contributed by atoms with E-state index in [1.807, 2.05) is 42.5 Å². The van der Waals surface area contributed by atoms with Gasteiger partial charge in [-0.1, -0.05) is 92.7 Å². The fraction of sp³-hybridized carbons (Fsp3) is 0.106. The van der Waals surface area contributed by atoms with Crippen LogP contribution >= 0.6 is 0 Å². The summed E-state index contributed by atoms with van der Waals surface area (Å²) in [7, 11) is 0. The molecule has 244 valence electrons. The standard InChI is InChI=1S/C47H30N4O/c1-47(2)36-15-7-3-11-29(36)34-23-35-30-12-4-8-16-38(30)51(43(35)24-37(34)47)42-22-27(25-48)41(21-28(42)26-49)50-39-17-9-5-14-33(39)45-40(50)20-19-32-31-13-6-10-18-44(31)52-46(32)45/h3-23,37H,24H2,1-2H3. The SMILES string of the molecule is CC1(C)c2ccccc2C2=Cc3c(n(-c4cc(C#N)c(-n5c6ccccc6c6c7oc8ccccc8c7ccc65)cc4C#N)c4ccccc34)CC21. The molecule has 1 unspecified atom stereocenters. The summed E-state index contributed by atoms with van der Waals surface area (Å²) in [5, 5.41) is 27.1. The Labute approximate surface area is 299 Å². The lowest BCUT2D eigenvalue weighted by Gasteiger charge is -2.32. The monoisotopic (exact) mass is 666 g/mol. The molecule has 5 nitrogen and oxygen atoms in total. The van der Waals surface area contributed by atoms with Crippen LogP contribution in [-0.4, -0.2) is 9.13 Å². The summed E-state index contributed by atoms with van der Waals surface area (Å²) in [5.41, 5.74) is 13.4. The van der Waals surface area contributed by atoms with Crippen LogP contribution in [-0.2, 0) is 11.8 Å². The lowest BCUT2D eigenvalue weighted by atomic mass is 9.73. The summed E-state index contributed by atoms with van der Waals surface area (Å²) in [4.78, 5) is 0. The predicted octanol–water partition coefficient (Wildman–Crippen LogP) is 11.4. The first kappa shape index (κ1) is 29.0. The van der Waals surface area contributed by atoms with Crippen molar-refractivity contribution in [1.29, 1.82) is 10.5 Å².